The van der Waals surface area contributed by atoms with Gasteiger partial charge in [0.05, 0.1) is 17.3 Å². The number of hydrogen-bond donors (Lipinski definition) is 4. The molecule has 9 nitrogen and oxygen atoms in total. The van der Waals surface area contributed by atoms with Gasteiger partial charge < -0.3 is 22.1 Å². The summed E-state index contributed by atoms with van der Waals surface area (Å²) in [5, 5.41) is 10.7. The van der Waals surface area contributed by atoms with Crippen LogP contribution in [0.4, 0.5) is 21.7 Å². The van der Waals surface area contributed by atoms with Crippen molar-refractivity contribution >= 4 is 40.0 Å². The van der Waals surface area contributed by atoms with E-state index in [9.17, 15) is 14.0 Å². The highest BCUT2D eigenvalue weighted by molar-refractivity contribution is 5.99. The van der Waals surface area contributed by atoms with Gasteiger partial charge in [-0.05, 0) is 30.7 Å². The van der Waals surface area contributed by atoms with Crippen LogP contribution in [0, 0.1) is 5.82 Å². The predicted octanol–water partition coefficient (Wildman–Crippen LogP) is 1.63. The smallest absolute Gasteiger partial charge is 0.252 e. The first-order valence-electron chi connectivity index (χ1n) is 8.55. The number of fused-ring (bicyclic) bond motifs is 1. The minimum absolute atomic E-state index is 0.0546. The van der Waals surface area contributed by atoms with Crippen LogP contribution in [0.25, 0.3) is 10.9 Å². The molecule has 3 aromatic rings. The molecule has 28 heavy (non-hydrogen) atoms. The molecule has 0 saturated carbocycles. The van der Waals surface area contributed by atoms with E-state index in [4.69, 9.17) is 11.5 Å². The quantitative estimate of drug-likeness (QED) is 0.487. The third kappa shape index (κ3) is 3.70. The maximum absolute atomic E-state index is 14.4. The van der Waals surface area contributed by atoms with E-state index in [1.54, 1.807) is 23.9 Å². The van der Waals surface area contributed by atoms with Gasteiger partial charge in [-0.1, -0.05) is 6.92 Å². The van der Waals surface area contributed by atoms with Gasteiger partial charge in [-0.3, -0.25) is 14.3 Å². The molecule has 0 radical (unpaired) electrons. The number of hydrogen-bond acceptors (Lipinski definition) is 6. The normalized spacial score (nSPS) is 12.0. The number of benzene rings is 1. The van der Waals surface area contributed by atoms with Crippen LogP contribution in [0.5, 0.6) is 0 Å². The summed E-state index contributed by atoms with van der Waals surface area (Å²) in [6.45, 7) is 1.72. The van der Waals surface area contributed by atoms with Gasteiger partial charge in [-0.15, -0.1) is 0 Å². The third-order valence-electron chi connectivity index (χ3n) is 4.31. The number of rotatable bonds is 7. The standard InChI is InChI=1S/C18H20FN7O2/c1-3-13(16(21)28)24-18-12(19)7-11(15(20)27)17(25-18)23-10-4-5-14-9(6-10)8-22-26(14)2/h4-8,13H,3H2,1-2H3,(H2,20,27)(H2,21,28)(H2,23,24,25)/t13-/m1/s1. The highest BCUT2D eigenvalue weighted by Crippen LogP contribution is 2.26. The Kier molecular flexibility index (Phi) is 5.12. The summed E-state index contributed by atoms with van der Waals surface area (Å²) in [5.41, 5.74) is 12.1. The second kappa shape index (κ2) is 7.51. The molecule has 0 fully saturated rings. The second-order valence-corrected chi connectivity index (χ2v) is 6.25. The molecule has 0 unspecified atom stereocenters. The van der Waals surface area contributed by atoms with Gasteiger partial charge in [-0.25, -0.2) is 9.37 Å². The molecule has 1 atom stereocenters. The lowest BCUT2D eigenvalue weighted by Crippen LogP contribution is -2.35. The molecule has 0 spiro atoms. The van der Waals surface area contributed by atoms with Crippen LogP contribution in [-0.2, 0) is 11.8 Å². The summed E-state index contributed by atoms with van der Waals surface area (Å²) in [4.78, 5) is 27.3. The molecule has 0 aliphatic rings. The number of nitrogens with zero attached hydrogens (tertiary/aromatic N) is 3. The third-order valence-corrected chi connectivity index (χ3v) is 4.31. The summed E-state index contributed by atoms with van der Waals surface area (Å²) < 4.78 is 16.1. The fraction of sp³-hybridized carbons (Fsp3) is 0.222. The van der Waals surface area contributed by atoms with Crippen molar-refractivity contribution in [2.75, 3.05) is 10.6 Å². The molecule has 2 amide bonds. The number of halogens is 1. The summed E-state index contributed by atoms with van der Waals surface area (Å²) in [6, 6.07) is 5.59. The minimum atomic E-state index is -0.843. The van der Waals surface area contributed by atoms with E-state index in [0.717, 1.165) is 17.0 Å². The average Bonchev–Trinajstić information content (AvgIpc) is 3.01. The van der Waals surface area contributed by atoms with Gasteiger partial charge in [0.15, 0.2) is 11.6 Å². The van der Waals surface area contributed by atoms with E-state index >= 15 is 0 Å². The molecule has 0 bridgehead atoms. The van der Waals surface area contributed by atoms with Gasteiger partial charge in [0.25, 0.3) is 5.91 Å². The highest BCUT2D eigenvalue weighted by Gasteiger charge is 2.20. The molecule has 146 valence electrons. The summed E-state index contributed by atoms with van der Waals surface area (Å²) >= 11 is 0. The Hall–Kier alpha value is -3.69. The van der Waals surface area contributed by atoms with Crippen LogP contribution in [0.2, 0.25) is 0 Å². The summed E-state index contributed by atoms with van der Waals surface area (Å²) in [6.07, 6.45) is 2.04. The topological polar surface area (TPSA) is 141 Å². The molecular weight excluding hydrogens is 365 g/mol. The van der Waals surface area contributed by atoms with Gasteiger partial charge in [0.2, 0.25) is 5.91 Å². The van der Waals surface area contributed by atoms with Crippen LogP contribution in [0.3, 0.4) is 0 Å². The van der Waals surface area contributed by atoms with Crippen LogP contribution in [-0.4, -0.2) is 32.6 Å². The van der Waals surface area contributed by atoms with Gasteiger partial charge in [0, 0.05) is 18.1 Å². The number of nitrogens with one attached hydrogen (secondary N) is 2. The molecule has 10 heteroatoms. The zero-order valence-electron chi connectivity index (χ0n) is 15.4. The Balaban J connectivity index is 2.00. The Labute approximate surface area is 159 Å². The number of aromatic nitrogens is 3. The highest BCUT2D eigenvalue weighted by atomic mass is 19.1. The maximum Gasteiger partial charge on any atom is 0.252 e. The number of anilines is 3. The molecule has 0 aliphatic heterocycles. The van der Waals surface area contributed by atoms with Crippen molar-refractivity contribution < 1.29 is 14.0 Å². The Morgan fingerprint density at radius 3 is 2.64 bits per heavy atom. The molecule has 1 aromatic carbocycles. The maximum atomic E-state index is 14.4. The minimum Gasteiger partial charge on any atom is -0.368 e. The Morgan fingerprint density at radius 1 is 1.25 bits per heavy atom. The van der Waals surface area contributed by atoms with Crippen LogP contribution in [0.1, 0.15) is 23.7 Å². The molecule has 0 aliphatic carbocycles. The van der Waals surface area contributed by atoms with Crippen molar-refractivity contribution in [1.82, 2.24) is 14.8 Å². The SMILES string of the molecule is CC[C@@H](Nc1nc(Nc2ccc3c(cnn3C)c2)c(C(N)=O)cc1F)C(N)=O. The lowest BCUT2D eigenvalue weighted by atomic mass is 10.2. The van der Waals surface area contributed by atoms with E-state index in [1.165, 1.54) is 0 Å². The largest absolute Gasteiger partial charge is 0.368 e. The monoisotopic (exact) mass is 385 g/mol. The van der Waals surface area contributed by atoms with Crippen molar-refractivity contribution in [3.63, 3.8) is 0 Å². The van der Waals surface area contributed by atoms with Crippen LogP contribution >= 0.6 is 0 Å². The van der Waals surface area contributed by atoms with Gasteiger partial charge in [-0.2, -0.15) is 5.10 Å². The number of amides is 2. The number of aryl methyl sites for hydroxylation is 1. The average molecular weight is 385 g/mol. The number of nitrogens with two attached hydrogens (primary N) is 2. The molecular formula is C18H20FN7O2. The first-order valence-corrected chi connectivity index (χ1v) is 8.55. The Morgan fingerprint density at radius 2 is 2.00 bits per heavy atom. The van der Waals surface area contributed by atoms with Crippen LogP contribution in [0.15, 0.2) is 30.5 Å². The van der Waals surface area contributed by atoms with Crippen molar-refractivity contribution in [3.05, 3.63) is 41.8 Å². The Bertz CT molecular complexity index is 1060. The zero-order valence-corrected chi connectivity index (χ0v) is 15.4. The van der Waals surface area contributed by atoms with Crippen molar-refractivity contribution in [3.8, 4) is 0 Å². The van der Waals surface area contributed by atoms with E-state index in [-0.39, 0.29) is 17.2 Å². The number of primary amides is 2. The lowest BCUT2D eigenvalue weighted by molar-refractivity contribution is -0.118. The fourth-order valence-corrected chi connectivity index (χ4v) is 2.79. The van der Waals surface area contributed by atoms with Gasteiger partial charge >= 0.3 is 0 Å². The molecule has 2 aromatic heterocycles. The van der Waals surface area contributed by atoms with Gasteiger partial charge in [0.1, 0.15) is 11.9 Å². The van der Waals surface area contributed by atoms with Crippen molar-refractivity contribution in [2.24, 2.45) is 18.5 Å². The first-order chi connectivity index (χ1) is 13.3. The van der Waals surface area contributed by atoms with E-state index < -0.39 is 23.7 Å². The fourth-order valence-electron chi connectivity index (χ4n) is 2.79. The number of pyridine rings is 1. The van der Waals surface area contributed by atoms with E-state index in [1.807, 2.05) is 19.2 Å². The molecule has 3 rings (SSSR count). The summed E-state index contributed by atoms with van der Waals surface area (Å²) in [5.74, 6) is -2.45. The first kappa shape index (κ1) is 19.1. The zero-order chi connectivity index (χ0) is 20.4. The molecule has 6 N–H and O–H groups in total. The van der Waals surface area contributed by atoms with E-state index in [2.05, 4.69) is 20.7 Å². The van der Waals surface area contributed by atoms with Crippen molar-refractivity contribution in [1.29, 1.82) is 0 Å². The second-order valence-electron chi connectivity index (χ2n) is 6.25. The number of carbonyl (C=O) groups excluding carboxylic acids is 2. The summed E-state index contributed by atoms with van der Waals surface area (Å²) in [7, 11) is 1.82. The van der Waals surface area contributed by atoms with Crippen molar-refractivity contribution in [2.45, 2.75) is 19.4 Å². The van der Waals surface area contributed by atoms with E-state index in [0.29, 0.717) is 12.1 Å². The predicted molar refractivity (Wildman–Crippen MR) is 104 cm³/mol. The lowest BCUT2D eigenvalue weighted by Gasteiger charge is -2.17. The molecule has 0 saturated heterocycles. The number of carbonyl (C=O) groups is 2. The molecule has 2 heterocycles. The van der Waals surface area contributed by atoms with Crippen LogP contribution < -0.4 is 22.1 Å².